The Balaban J connectivity index is 1.84. The van der Waals surface area contributed by atoms with E-state index in [-0.39, 0.29) is 12.2 Å². The summed E-state index contributed by atoms with van der Waals surface area (Å²) >= 11 is 1.57. The maximum absolute atomic E-state index is 12.1. The molecule has 6 heteroatoms. The number of ketones is 1. The number of carbonyl (C=O) groups is 3. The van der Waals surface area contributed by atoms with E-state index in [1.54, 1.807) is 35.6 Å². The maximum Gasteiger partial charge on any atom is 0.306 e. The fourth-order valence-corrected chi connectivity index (χ4v) is 2.75. The van der Waals surface area contributed by atoms with Gasteiger partial charge in [-0.15, -0.1) is 0 Å². The highest BCUT2D eigenvalue weighted by Crippen LogP contribution is 2.13. The molecule has 0 fully saturated rings. The van der Waals surface area contributed by atoms with Gasteiger partial charge in [0.2, 0.25) is 0 Å². The van der Waals surface area contributed by atoms with Crippen LogP contribution in [-0.4, -0.2) is 23.8 Å². The van der Waals surface area contributed by atoms with Gasteiger partial charge in [-0.1, -0.05) is 12.1 Å². The number of hydrogen-bond donors (Lipinski definition) is 1. The summed E-state index contributed by atoms with van der Waals surface area (Å²) in [5, 5.41) is 6.57. The first-order chi connectivity index (χ1) is 11.5. The number of amides is 1. The lowest BCUT2D eigenvalue weighted by molar-refractivity contribution is -0.153. The molecule has 1 aromatic carbocycles. The third-order valence-corrected chi connectivity index (χ3v) is 4.14. The van der Waals surface area contributed by atoms with Crippen LogP contribution in [0.4, 0.5) is 5.69 Å². The first-order valence-corrected chi connectivity index (χ1v) is 8.52. The fourth-order valence-electron chi connectivity index (χ4n) is 2.05. The van der Waals surface area contributed by atoms with E-state index in [4.69, 9.17) is 4.74 Å². The number of nitrogens with one attached hydrogen (secondary N) is 1. The highest BCUT2D eigenvalue weighted by atomic mass is 32.1. The average molecular weight is 345 g/mol. The summed E-state index contributed by atoms with van der Waals surface area (Å²) < 4.78 is 5.15. The van der Waals surface area contributed by atoms with Gasteiger partial charge in [-0.3, -0.25) is 14.4 Å². The number of ether oxygens (including phenoxy) is 1. The first-order valence-electron chi connectivity index (χ1n) is 7.58. The van der Waals surface area contributed by atoms with Gasteiger partial charge < -0.3 is 10.1 Å². The molecule has 2 aromatic rings. The Hall–Kier alpha value is -2.47. The first kappa shape index (κ1) is 17.9. The van der Waals surface area contributed by atoms with Crippen molar-refractivity contribution in [2.24, 2.45) is 0 Å². The second kappa shape index (κ2) is 8.40. The molecule has 0 aliphatic rings. The van der Waals surface area contributed by atoms with E-state index in [1.165, 1.54) is 13.8 Å². The van der Waals surface area contributed by atoms with Crippen LogP contribution in [0.1, 0.15) is 36.2 Å². The fraction of sp³-hybridized carbons (Fsp3) is 0.278. The van der Waals surface area contributed by atoms with Crippen molar-refractivity contribution in [2.75, 3.05) is 5.32 Å². The average Bonchev–Trinajstić information content (AvgIpc) is 3.06. The van der Waals surface area contributed by atoms with E-state index >= 15 is 0 Å². The van der Waals surface area contributed by atoms with Gasteiger partial charge >= 0.3 is 5.97 Å². The van der Waals surface area contributed by atoms with Crippen LogP contribution in [0.25, 0.3) is 0 Å². The number of benzene rings is 1. The molecule has 1 aromatic heterocycles. The molecule has 1 N–H and O–H groups in total. The van der Waals surface area contributed by atoms with Gasteiger partial charge in [-0.2, -0.15) is 11.3 Å². The van der Waals surface area contributed by atoms with Crippen molar-refractivity contribution >= 4 is 34.7 Å². The number of rotatable bonds is 7. The molecule has 0 saturated heterocycles. The van der Waals surface area contributed by atoms with E-state index in [0.717, 1.165) is 5.56 Å². The van der Waals surface area contributed by atoms with Gasteiger partial charge in [0.05, 0.1) is 0 Å². The summed E-state index contributed by atoms with van der Waals surface area (Å²) in [4.78, 5) is 35.2. The Morgan fingerprint density at radius 1 is 1.25 bits per heavy atom. The van der Waals surface area contributed by atoms with E-state index in [9.17, 15) is 14.4 Å². The van der Waals surface area contributed by atoms with Crippen LogP contribution in [0.15, 0.2) is 41.1 Å². The smallest absolute Gasteiger partial charge is 0.306 e. The summed E-state index contributed by atoms with van der Waals surface area (Å²) in [6.45, 7) is 2.98. The maximum atomic E-state index is 12.1. The molecular weight excluding hydrogens is 326 g/mol. The highest BCUT2D eigenvalue weighted by molar-refractivity contribution is 7.07. The quantitative estimate of drug-likeness (QED) is 0.616. The molecule has 1 heterocycles. The minimum atomic E-state index is -0.902. The molecule has 126 valence electrons. The number of thiophene rings is 1. The van der Waals surface area contributed by atoms with Gasteiger partial charge in [-0.25, -0.2) is 0 Å². The molecule has 1 atom stereocenters. The third-order valence-electron chi connectivity index (χ3n) is 3.41. The molecule has 0 bridgehead atoms. The number of esters is 1. The number of anilines is 1. The zero-order chi connectivity index (χ0) is 17.5. The number of hydrogen-bond acceptors (Lipinski definition) is 5. The van der Waals surface area contributed by atoms with Crippen molar-refractivity contribution in [3.8, 4) is 0 Å². The van der Waals surface area contributed by atoms with Crippen molar-refractivity contribution < 1.29 is 19.1 Å². The van der Waals surface area contributed by atoms with Crippen LogP contribution in [-0.2, 0) is 20.7 Å². The van der Waals surface area contributed by atoms with Gasteiger partial charge in [-0.05, 0) is 54.8 Å². The highest BCUT2D eigenvalue weighted by Gasteiger charge is 2.18. The van der Waals surface area contributed by atoms with Gasteiger partial charge in [0, 0.05) is 17.7 Å². The molecule has 0 radical (unpaired) electrons. The molecule has 0 aliphatic carbocycles. The monoisotopic (exact) mass is 345 g/mol. The number of carbonyl (C=O) groups excluding carboxylic acids is 3. The van der Waals surface area contributed by atoms with Gasteiger partial charge in [0.15, 0.2) is 11.9 Å². The van der Waals surface area contributed by atoms with Crippen LogP contribution < -0.4 is 5.32 Å². The lowest BCUT2D eigenvalue weighted by Gasteiger charge is -2.13. The Morgan fingerprint density at radius 3 is 2.71 bits per heavy atom. The molecule has 0 spiro atoms. The van der Waals surface area contributed by atoms with Crippen LogP contribution in [0, 0.1) is 0 Å². The lowest BCUT2D eigenvalue weighted by Crippen LogP contribution is -2.30. The molecule has 2 rings (SSSR count). The van der Waals surface area contributed by atoms with Crippen molar-refractivity contribution in [3.63, 3.8) is 0 Å². The van der Waals surface area contributed by atoms with E-state index in [0.29, 0.717) is 17.7 Å². The van der Waals surface area contributed by atoms with Crippen molar-refractivity contribution in [1.82, 2.24) is 0 Å². The standard InChI is InChI=1S/C18H19NO4S/c1-12(20)15-4-3-5-16(10-15)19-18(22)13(2)23-17(21)7-6-14-8-9-24-11-14/h3-5,8-11,13H,6-7H2,1-2H3,(H,19,22)/t13-/m0/s1. The summed E-state index contributed by atoms with van der Waals surface area (Å²) in [7, 11) is 0. The molecule has 5 nitrogen and oxygen atoms in total. The van der Waals surface area contributed by atoms with Crippen LogP contribution in [0.2, 0.25) is 0 Å². The van der Waals surface area contributed by atoms with Gasteiger partial charge in [0.1, 0.15) is 0 Å². The SMILES string of the molecule is CC(=O)c1cccc(NC(=O)[C@H](C)OC(=O)CCc2ccsc2)c1. The predicted molar refractivity (Wildman–Crippen MR) is 93.3 cm³/mol. The zero-order valence-electron chi connectivity index (χ0n) is 13.6. The Bertz CT molecular complexity index is 724. The third kappa shape index (κ3) is 5.31. The normalized spacial score (nSPS) is 11.6. The lowest BCUT2D eigenvalue weighted by atomic mass is 10.1. The Labute approximate surface area is 144 Å². The summed E-state index contributed by atoms with van der Waals surface area (Å²) in [5.74, 6) is -0.931. The molecule has 24 heavy (non-hydrogen) atoms. The zero-order valence-corrected chi connectivity index (χ0v) is 14.4. The van der Waals surface area contributed by atoms with Crippen molar-refractivity contribution in [1.29, 1.82) is 0 Å². The second-order valence-electron chi connectivity index (χ2n) is 5.39. The minimum Gasteiger partial charge on any atom is -0.453 e. The van der Waals surface area contributed by atoms with Crippen molar-refractivity contribution in [2.45, 2.75) is 32.8 Å². The van der Waals surface area contributed by atoms with E-state index < -0.39 is 18.0 Å². The number of Topliss-reactive ketones (excluding diaryl/α,β-unsaturated/α-hetero) is 1. The summed E-state index contributed by atoms with van der Waals surface area (Å²) in [5.41, 5.74) is 2.08. The van der Waals surface area contributed by atoms with Crippen LogP contribution in [0.3, 0.4) is 0 Å². The summed E-state index contributed by atoms with van der Waals surface area (Å²) in [6.07, 6.45) is -0.0770. The molecule has 0 aliphatic heterocycles. The van der Waals surface area contributed by atoms with Crippen LogP contribution >= 0.6 is 11.3 Å². The van der Waals surface area contributed by atoms with E-state index in [2.05, 4.69) is 5.32 Å². The molecular formula is C18H19NO4S. The minimum absolute atomic E-state index is 0.0843. The van der Waals surface area contributed by atoms with E-state index in [1.807, 2.05) is 16.8 Å². The van der Waals surface area contributed by atoms with Gasteiger partial charge in [0.25, 0.3) is 5.91 Å². The second-order valence-corrected chi connectivity index (χ2v) is 6.17. The largest absolute Gasteiger partial charge is 0.453 e. The predicted octanol–water partition coefficient (Wildman–Crippen LogP) is 3.45. The van der Waals surface area contributed by atoms with Crippen LogP contribution in [0.5, 0.6) is 0 Å². The molecule has 1 amide bonds. The summed E-state index contributed by atoms with van der Waals surface area (Å²) in [6, 6.07) is 8.58. The topological polar surface area (TPSA) is 72.5 Å². The van der Waals surface area contributed by atoms with Crippen molar-refractivity contribution in [3.05, 3.63) is 52.2 Å². The molecule has 0 saturated carbocycles. The molecule has 0 unspecified atom stereocenters. The Morgan fingerprint density at radius 2 is 2.04 bits per heavy atom. The number of aryl methyl sites for hydroxylation is 1. The Kier molecular flexibility index (Phi) is 6.26.